The maximum Gasteiger partial charge on any atom is 0.269 e. The van der Waals surface area contributed by atoms with E-state index < -0.39 is 4.92 Å². The fraction of sp³-hybridized carbons (Fsp3) is 0.500. The molecule has 1 saturated heterocycles. The molecular formula is C14H18N2O4. The van der Waals surface area contributed by atoms with Crippen LogP contribution in [-0.4, -0.2) is 34.9 Å². The van der Waals surface area contributed by atoms with Crippen LogP contribution in [0.15, 0.2) is 18.2 Å². The van der Waals surface area contributed by atoms with Crippen molar-refractivity contribution in [1.82, 2.24) is 4.90 Å². The van der Waals surface area contributed by atoms with Crippen LogP contribution in [0, 0.1) is 17.0 Å². The summed E-state index contributed by atoms with van der Waals surface area (Å²) in [6.45, 7) is 4.77. The summed E-state index contributed by atoms with van der Waals surface area (Å²) in [6.07, 6.45) is 1.64. The quantitative estimate of drug-likeness (QED) is 0.628. The first kappa shape index (κ1) is 14.3. The number of carbonyl (C=O) groups excluding carboxylic acids is 1. The SMILES string of the molecule is CC(=O)N1CCC(Oc2ccc([N+](=O)[O-])cc2C)CC1. The lowest BCUT2D eigenvalue weighted by molar-refractivity contribution is -0.384. The molecule has 1 aliphatic heterocycles. The van der Waals surface area contributed by atoms with Crippen molar-refractivity contribution in [1.29, 1.82) is 0 Å². The van der Waals surface area contributed by atoms with Gasteiger partial charge in [0.25, 0.3) is 5.69 Å². The van der Waals surface area contributed by atoms with Gasteiger partial charge in [-0.1, -0.05) is 0 Å². The van der Waals surface area contributed by atoms with Gasteiger partial charge in [0, 0.05) is 45.0 Å². The summed E-state index contributed by atoms with van der Waals surface area (Å²) in [5, 5.41) is 10.7. The van der Waals surface area contributed by atoms with E-state index in [9.17, 15) is 14.9 Å². The van der Waals surface area contributed by atoms with Crippen LogP contribution in [0.25, 0.3) is 0 Å². The van der Waals surface area contributed by atoms with Crippen molar-refractivity contribution in [3.05, 3.63) is 33.9 Å². The number of hydrogen-bond donors (Lipinski definition) is 0. The monoisotopic (exact) mass is 278 g/mol. The van der Waals surface area contributed by atoms with Gasteiger partial charge >= 0.3 is 0 Å². The van der Waals surface area contributed by atoms with Crippen molar-refractivity contribution in [2.24, 2.45) is 0 Å². The molecule has 2 rings (SSSR count). The molecule has 0 aromatic heterocycles. The third-order valence-electron chi connectivity index (χ3n) is 3.55. The number of nitro benzene ring substituents is 1. The number of rotatable bonds is 3. The highest BCUT2D eigenvalue weighted by molar-refractivity contribution is 5.73. The first-order valence-electron chi connectivity index (χ1n) is 6.64. The second-order valence-corrected chi connectivity index (χ2v) is 5.03. The molecule has 0 N–H and O–H groups in total. The normalized spacial score (nSPS) is 16.0. The van der Waals surface area contributed by atoms with Crippen LogP contribution in [0.5, 0.6) is 5.75 Å². The summed E-state index contributed by atoms with van der Waals surface area (Å²) in [5.74, 6) is 0.770. The fourth-order valence-electron chi connectivity index (χ4n) is 2.35. The van der Waals surface area contributed by atoms with Crippen molar-refractivity contribution in [2.45, 2.75) is 32.8 Å². The molecule has 20 heavy (non-hydrogen) atoms. The third kappa shape index (κ3) is 3.26. The zero-order valence-electron chi connectivity index (χ0n) is 11.7. The highest BCUT2D eigenvalue weighted by atomic mass is 16.6. The van der Waals surface area contributed by atoms with E-state index in [1.54, 1.807) is 19.9 Å². The second kappa shape index (κ2) is 5.90. The van der Waals surface area contributed by atoms with Crippen LogP contribution in [-0.2, 0) is 4.79 Å². The lowest BCUT2D eigenvalue weighted by atomic mass is 10.1. The standard InChI is InChI=1S/C14H18N2O4/c1-10-9-12(16(18)19)3-4-14(10)20-13-5-7-15(8-6-13)11(2)17/h3-4,9,13H,5-8H2,1-2H3. The van der Waals surface area contributed by atoms with Gasteiger partial charge in [0.05, 0.1) is 4.92 Å². The zero-order chi connectivity index (χ0) is 14.7. The molecule has 0 aliphatic carbocycles. The number of hydrogen-bond acceptors (Lipinski definition) is 4. The molecule has 0 saturated carbocycles. The first-order chi connectivity index (χ1) is 9.47. The van der Waals surface area contributed by atoms with Crippen LogP contribution in [0.1, 0.15) is 25.3 Å². The van der Waals surface area contributed by atoms with Crippen molar-refractivity contribution in [3.63, 3.8) is 0 Å². The number of nitrogens with zero attached hydrogens (tertiary/aromatic N) is 2. The molecule has 1 amide bonds. The number of non-ortho nitro benzene ring substituents is 1. The number of nitro groups is 1. The molecule has 1 heterocycles. The van der Waals surface area contributed by atoms with E-state index in [-0.39, 0.29) is 17.7 Å². The summed E-state index contributed by atoms with van der Waals surface area (Å²) in [6, 6.07) is 4.61. The summed E-state index contributed by atoms with van der Waals surface area (Å²) in [5.41, 5.74) is 0.828. The van der Waals surface area contributed by atoms with Crippen LogP contribution < -0.4 is 4.74 Å². The van der Waals surface area contributed by atoms with Gasteiger partial charge in [0.15, 0.2) is 0 Å². The Kier molecular flexibility index (Phi) is 4.22. The smallest absolute Gasteiger partial charge is 0.269 e. The van der Waals surface area contributed by atoms with Crippen LogP contribution in [0.4, 0.5) is 5.69 Å². The van der Waals surface area contributed by atoms with Gasteiger partial charge in [-0.25, -0.2) is 0 Å². The Morgan fingerprint density at radius 2 is 2.05 bits per heavy atom. The number of ether oxygens (including phenoxy) is 1. The van der Waals surface area contributed by atoms with Gasteiger partial charge in [-0.05, 0) is 18.6 Å². The van der Waals surface area contributed by atoms with Crippen molar-refractivity contribution in [3.8, 4) is 5.75 Å². The highest BCUT2D eigenvalue weighted by Crippen LogP contribution is 2.26. The van der Waals surface area contributed by atoms with Crippen molar-refractivity contribution in [2.75, 3.05) is 13.1 Å². The van der Waals surface area contributed by atoms with Crippen LogP contribution in [0.2, 0.25) is 0 Å². The average molecular weight is 278 g/mol. The van der Waals surface area contributed by atoms with E-state index in [2.05, 4.69) is 0 Å². The minimum absolute atomic E-state index is 0.0609. The van der Waals surface area contributed by atoms with Gasteiger partial charge in [-0.15, -0.1) is 0 Å². The minimum Gasteiger partial charge on any atom is -0.490 e. The Morgan fingerprint density at radius 3 is 2.55 bits per heavy atom. The van der Waals surface area contributed by atoms with Crippen molar-refractivity contribution < 1.29 is 14.5 Å². The van der Waals surface area contributed by atoms with Gasteiger partial charge in [-0.2, -0.15) is 0 Å². The lowest BCUT2D eigenvalue weighted by Gasteiger charge is -2.31. The molecule has 1 aromatic rings. The van der Waals surface area contributed by atoms with E-state index in [1.807, 2.05) is 4.90 Å². The van der Waals surface area contributed by atoms with E-state index in [0.717, 1.165) is 18.4 Å². The predicted molar refractivity (Wildman–Crippen MR) is 73.7 cm³/mol. The third-order valence-corrected chi connectivity index (χ3v) is 3.55. The number of aryl methyl sites for hydroxylation is 1. The molecule has 1 fully saturated rings. The summed E-state index contributed by atoms with van der Waals surface area (Å²) < 4.78 is 5.89. The zero-order valence-corrected chi connectivity index (χ0v) is 11.7. The van der Waals surface area contributed by atoms with Gasteiger partial charge in [0.1, 0.15) is 11.9 Å². The second-order valence-electron chi connectivity index (χ2n) is 5.03. The fourth-order valence-corrected chi connectivity index (χ4v) is 2.35. The molecule has 6 heteroatoms. The number of piperidine rings is 1. The van der Waals surface area contributed by atoms with E-state index in [0.29, 0.717) is 18.8 Å². The summed E-state index contributed by atoms with van der Waals surface area (Å²) in [4.78, 5) is 23.3. The van der Waals surface area contributed by atoms with E-state index in [4.69, 9.17) is 4.74 Å². The Bertz CT molecular complexity index is 522. The van der Waals surface area contributed by atoms with Crippen LogP contribution in [0.3, 0.4) is 0 Å². The molecule has 0 spiro atoms. The topological polar surface area (TPSA) is 72.7 Å². The minimum atomic E-state index is -0.415. The number of carbonyl (C=O) groups is 1. The van der Waals surface area contributed by atoms with Crippen LogP contribution >= 0.6 is 0 Å². The van der Waals surface area contributed by atoms with E-state index in [1.165, 1.54) is 12.1 Å². The van der Waals surface area contributed by atoms with Crippen molar-refractivity contribution >= 4 is 11.6 Å². The number of benzene rings is 1. The lowest BCUT2D eigenvalue weighted by Crippen LogP contribution is -2.40. The molecule has 1 aliphatic rings. The average Bonchev–Trinajstić information content (AvgIpc) is 2.41. The largest absolute Gasteiger partial charge is 0.490 e. The first-order valence-corrected chi connectivity index (χ1v) is 6.64. The molecule has 0 radical (unpaired) electrons. The summed E-state index contributed by atoms with van der Waals surface area (Å²) in [7, 11) is 0. The molecule has 0 bridgehead atoms. The Morgan fingerprint density at radius 1 is 1.40 bits per heavy atom. The van der Waals surface area contributed by atoms with Gasteiger partial charge < -0.3 is 9.64 Å². The van der Waals surface area contributed by atoms with E-state index >= 15 is 0 Å². The molecule has 0 atom stereocenters. The number of amides is 1. The Labute approximate surface area is 117 Å². The highest BCUT2D eigenvalue weighted by Gasteiger charge is 2.22. The van der Waals surface area contributed by atoms with Gasteiger partial charge in [0.2, 0.25) is 5.91 Å². The van der Waals surface area contributed by atoms with Gasteiger partial charge in [-0.3, -0.25) is 14.9 Å². The molecule has 108 valence electrons. The Hall–Kier alpha value is -2.11. The molecular weight excluding hydrogens is 260 g/mol. The summed E-state index contributed by atoms with van der Waals surface area (Å²) >= 11 is 0. The number of likely N-dealkylation sites (tertiary alicyclic amines) is 1. The maximum absolute atomic E-state index is 11.2. The molecule has 0 unspecified atom stereocenters. The molecule has 1 aromatic carbocycles. The Balaban J connectivity index is 1.98. The maximum atomic E-state index is 11.2. The molecule has 6 nitrogen and oxygen atoms in total. The predicted octanol–water partition coefficient (Wildman–Crippen LogP) is 2.29.